The van der Waals surface area contributed by atoms with E-state index in [1.54, 1.807) is 0 Å². The van der Waals surface area contributed by atoms with Gasteiger partial charge in [-0.15, -0.1) is 0 Å². The van der Waals surface area contributed by atoms with Crippen molar-refractivity contribution in [3.63, 3.8) is 0 Å². The molecule has 2 atom stereocenters. The van der Waals surface area contributed by atoms with Gasteiger partial charge < -0.3 is 15.2 Å². The zero-order valence-corrected chi connectivity index (χ0v) is 11.9. The molecule has 0 bridgehead atoms. The standard InChI is InChI=1S/C15H18ClNO3/c16-11-3-4-14(20-8-9-1-2-9)12(6-11)13-5-10(7-17-13)15(18)19/h3-4,6,9-10,13,17H,1-2,5,7-8H2,(H,18,19). The van der Waals surface area contributed by atoms with E-state index in [0.717, 1.165) is 17.9 Å². The molecule has 0 spiro atoms. The Bertz CT molecular complexity index is 516. The van der Waals surface area contributed by atoms with Crippen LogP contribution >= 0.6 is 11.6 Å². The molecule has 20 heavy (non-hydrogen) atoms. The second kappa shape index (κ2) is 5.62. The van der Waals surface area contributed by atoms with Crippen molar-refractivity contribution in [3.05, 3.63) is 28.8 Å². The molecule has 0 amide bonds. The first kappa shape index (κ1) is 13.7. The number of carbonyl (C=O) groups is 1. The first-order valence-electron chi connectivity index (χ1n) is 7.02. The monoisotopic (exact) mass is 295 g/mol. The number of hydrogen-bond donors (Lipinski definition) is 2. The average Bonchev–Trinajstić information content (AvgIpc) is 3.11. The molecule has 1 aliphatic heterocycles. The maximum atomic E-state index is 11.1. The summed E-state index contributed by atoms with van der Waals surface area (Å²) < 4.78 is 5.88. The van der Waals surface area contributed by atoms with Gasteiger partial charge in [0.05, 0.1) is 12.5 Å². The topological polar surface area (TPSA) is 58.6 Å². The van der Waals surface area contributed by atoms with E-state index >= 15 is 0 Å². The lowest BCUT2D eigenvalue weighted by Crippen LogP contribution is -2.17. The molecule has 0 aromatic heterocycles. The minimum Gasteiger partial charge on any atom is -0.493 e. The molecule has 1 aromatic rings. The third kappa shape index (κ3) is 3.07. The van der Waals surface area contributed by atoms with E-state index in [0.29, 0.717) is 23.9 Å². The number of aliphatic carboxylic acids is 1. The lowest BCUT2D eigenvalue weighted by molar-refractivity contribution is -0.141. The summed E-state index contributed by atoms with van der Waals surface area (Å²) in [5.74, 6) is 0.421. The summed E-state index contributed by atoms with van der Waals surface area (Å²) in [6.45, 7) is 1.23. The first-order chi connectivity index (χ1) is 9.63. The van der Waals surface area contributed by atoms with Crippen molar-refractivity contribution in [1.29, 1.82) is 0 Å². The van der Waals surface area contributed by atoms with Crippen molar-refractivity contribution in [1.82, 2.24) is 5.32 Å². The molecular weight excluding hydrogens is 278 g/mol. The number of ether oxygens (including phenoxy) is 1. The molecule has 108 valence electrons. The van der Waals surface area contributed by atoms with Gasteiger partial charge in [0.25, 0.3) is 0 Å². The Morgan fingerprint density at radius 3 is 2.90 bits per heavy atom. The van der Waals surface area contributed by atoms with E-state index in [1.165, 1.54) is 12.8 Å². The Kier molecular flexibility index (Phi) is 3.85. The van der Waals surface area contributed by atoms with Gasteiger partial charge in [-0.2, -0.15) is 0 Å². The predicted octanol–water partition coefficient (Wildman–Crippen LogP) is 2.86. The summed E-state index contributed by atoms with van der Waals surface area (Å²) >= 11 is 6.07. The van der Waals surface area contributed by atoms with Crippen molar-refractivity contribution in [2.75, 3.05) is 13.2 Å². The van der Waals surface area contributed by atoms with Gasteiger partial charge in [-0.05, 0) is 43.4 Å². The summed E-state index contributed by atoms with van der Waals surface area (Å²) in [5.41, 5.74) is 0.974. The molecule has 1 saturated heterocycles. The number of carboxylic acids is 1. The summed E-state index contributed by atoms with van der Waals surface area (Å²) in [7, 11) is 0. The Balaban J connectivity index is 1.76. The average molecular weight is 296 g/mol. The molecule has 2 unspecified atom stereocenters. The number of benzene rings is 1. The smallest absolute Gasteiger partial charge is 0.307 e. The maximum Gasteiger partial charge on any atom is 0.307 e. The molecule has 1 aliphatic carbocycles. The van der Waals surface area contributed by atoms with E-state index in [9.17, 15) is 4.79 Å². The molecular formula is C15H18ClNO3. The van der Waals surface area contributed by atoms with E-state index in [-0.39, 0.29) is 12.0 Å². The van der Waals surface area contributed by atoms with Crippen LogP contribution < -0.4 is 10.1 Å². The third-order valence-corrected chi connectivity index (χ3v) is 4.23. The minimum absolute atomic E-state index is 0.00371. The number of rotatable bonds is 5. The number of nitrogens with one attached hydrogen (secondary N) is 1. The van der Waals surface area contributed by atoms with E-state index in [2.05, 4.69) is 5.32 Å². The van der Waals surface area contributed by atoms with Crippen LogP contribution in [0.4, 0.5) is 0 Å². The molecule has 2 aliphatic rings. The molecule has 1 heterocycles. The quantitative estimate of drug-likeness (QED) is 0.877. The largest absolute Gasteiger partial charge is 0.493 e. The second-order valence-corrected chi connectivity index (χ2v) is 6.10. The highest BCUT2D eigenvalue weighted by Crippen LogP contribution is 2.36. The first-order valence-corrected chi connectivity index (χ1v) is 7.39. The van der Waals surface area contributed by atoms with Gasteiger partial charge in [0.15, 0.2) is 0 Å². The molecule has 0 radical (unpaired) electrons. The van der Waals surface area contributed by atoms with Crippen molar-refractivity contribution < 1.29 is 14.6 Å². The molecule has 2 N–H and O–H groups in total. The zero-order valence-electron chi connectivity index (χ0n) is 11.1. The van der Waals surface area contributed by atoms with Gasteiger partial charge in [0, 0.05) is 23.2 Å². The lowest BCUT2D eigenvalue weighted by Gasteiger charge is -2.17. The van der Waals surface area contributed by atoms with Crippen LogP contribution in [-0.4, -0.2) is 24.2 Å². The fraction of sp³-hybridized carbons (Fsp3) is 0.533. The van der Waals surface area contributed by atoms with Crippen molar-refractivity contribution in [3.8, 4) is 5.75 Å². The van der Waals surface area contributed by atoms with Gasteiger partial charge in [-0.25, -0.2) is 0 Å². The highest BCUT2D eigenvalue weighted by molar-refractivity contribution is 6.30. The van der Waals surface area contributed by atoms with Crippen LogP contribution in [0, 0.1) is 11.8 Å². The zero-order chi connectivity index (χ0) is 14.1. The Morgan fingerprint density at radius 1 is 1.45 bits per heavy atom. The van der Waals surface area contributed by atoms with Crippen LogP contribution in [0.25, 0.3) is 0 Å². The van der Waals surface area contributed by atoms with E-state index in [4.69, 9.17) is 21.4 Å². The van der Waals surface area contributed by atoms with Gasteiger partial charge in [-0.3, -0.25) is 4.79 Å². The van der Waals surface area contributed by atoms with Crippen LogP contribution in [0.15, 0.2) is 18.2 Å². The van der Waals surface area contributed by atoms with Crippen LogP contribution in [0.1, 0.15) is 30.9 Å². The summed E-state index contributed by atoms with van der Waals surface area (Å²) in [6, 6.07) is 5.59. The normalized spacial score (nSPS) is 25.6. The van der Waals surface area contributed by atoms with Crippen LogP contribution in [0.3, 0.4) is 0 Å². The van der Waals surface area contributed by atoms with Crippen LogP contribution in [-0.2, 0) is 4.79 Å². The Morgan fingerprint density at radius 2 is 2.25 bits per heavy atom. The van der Waals surface area contributed by atoms with Gasteiger partial charge in [0.1, 0.15) is 5.75 Å². The lowest BCUT2D eigenvalue weighted by atomic mass is 9.99. The van der Waals surface area contributed by atoms with E-state index in [1.807, 2.05) is 18.2 Å². The highest BCUT2D eigenvalue weighted by atomic mass is 35.5. The van der Waals surface area contributed by atoms with Crippen molar-refractivity contribution in [2.45, 2.75) is 25.3 Å². The van der Waals surface area contributed by atoms with Gasteiger partial charge in [0.2, 0.25) is 0 Å². The summed E-state index contributed by atoms with van der Waals surface area (Å²) in [4.78, 5) is 11.1. The van der Waals surface area contributed by atoms with Gasteiger partial charge >= 0.3 is 5.97 Å². The summed E-state index contributed by atoms with van der Waals surface area (Å²) in [6.07, 6.45) is 3.06. The summed E-state index contributed by atoms with van der Waals surface area (Å²) in [5, 5.41) is 13.0. The number of hydrogen-bond acceptors (Lipinski definition) is 3. The number of halogens is 1. The predicted molar refractivity (Wildman–Crippen MR) is 76.2 cm³/mol. The van der Waals surface area contributed by atoms with Crippen molar-refractivity contribution >= 4 is 17.6 Å². The highest BCUT2D eigenvalue weighted by Gasteiger charge is 2.32. The van der Waals surface area contributed by atoms with Crippen molar-refractivity contribution in [2.24, 2.45) is 11.8 Å². The number of carboxylic acid groups (broad SMARTS) is 1. The molecule has 3 rings (SSSR count). The SMILES string of the molecule is O=C(O)C1CNC(c2cc(Cl)ccc2OCC2CC2)C1. The Labute approximate surface area is 123 Å². The fourth-order valence-electron chi connectivity index (χ4n) is 2.58. The molecule has 5 heteroatoms. The van der Waals surface area contributed by atoms with Crippen LogP contribution in [0.2, 0.25) is 5.02 Å². The molecule has 2 fully saturated rings. The van der Waals surface area contributed by atoms with E-state index < -0.39 is 5.97 Å². The van der Waals surface area contributed by atoms with Crippen LogP contribution in [0.5, 0.6) is 5.75 Å². The fourth-order valence-corrected chi connectivity index (χ4v) is 2.76. The molecule has 1 saturated carbocycles. The molecule has 1 aromatic carbocycles. The third-order valence-electron chi connectivity index (χ3n) is 4.00. The van der Waals surface area contributed by atoms with Gasteiger partial charge in [-0.1, -0.05) is 11.6 Å². The Hall–Kier alpha value is -1.26. The maximum absolute atomic E-state index is 11.1. The second-order valence-electron chi connectivity index (χ2n) is 5.67. The molecule has 4 nitrogen and oxygen atoms in total. The minimum atomic E-state index is -0.748.